The van der Waals surface area contributed by atoms with Crippen LogP contribution < -0.4 is 0 Å². The van der Waals surface area contributed by atoms with Gasteiger partial charge < -0.3 is 0 Å². The number of hydrogen-bond donors (Lipinski definition) is 0. The standard InChI is InChI=1S/C12H20.ClH/c1-2-12-6-9-3-10(7-12)5-11(4-9)8-12;/h9-11H,2-8H2,1H3;1H. The van der Waals surface area contributed by atoms with Crippen molar-refractivity contribution in [2.45, 2.75) is 51.9 Å². The zero-order valence-electron chi connectivity index (χ0n) is 8.59. The van der Waals surface area contributed by atoms with Crippen molar-refractivity contribution in [2.24, 2.45) is 23.2 Å². The summed E-state index contributed by atoms with van der Waals surface area (Å²) >= 11 is 0. The molecule has 0 aromatic carbocycles. The van der Waals surface area contributed by atoms with E-state index in [1.54, 1.807) is 38.5 Å². The monoisotopic (exact) mass is 200 g/mol. The van der Waals surface area contributed by atoms with E-state index in [1.165, 1.54) is 6.42 Å². The molecule has 0 aliphatic heterocycles. The van der Waals surface area contributed by atoms with Crippen LogP contribution in [-0.2, 0) is 0 Å². The summed E-state index contributed by atoms with van der Waals surface area (Å²) in [6, 6.07) is 0. The fraction of sp³-hybridized carbons (Fsp3) is 1.00. The van der Waals surface area contributed by atoms with Gasteiger partial charge in [-0.1, -0.05) is 13.3 Å². The van der Waals surface area contributed by atoms with Crippen molar-refractivity contribution in [3.63, 3.8) is 0 Å². The Morgan fingerprint density at radius 2 is 1.31 bits per heavy atom. The van der Waals surface area contributed by atoms with Gasteiger partial charge in [0.25, 0.3) is 0 Å². The van der Waals surface area contributed by atoms with Crippen molar-refractivity contribution in [2.75, 3.05) is 0 Å². The van der Waals surface area contributed by atoms with Gasteiger partial charge in [0, 0.05) is 0 Å². The summed E-state index contributed by atoms with van der Waals surface area (Å²) in [5.74, 6) is 3.45. The average Bonchev–Trinajstić information content (AvgIpc) is 2.02. The Hall–Kier alpha value is 0.290. The van der Waals surface area contributed by atoms with Gasteiger partial charge in [0.1, 0.15) is 0 Å². The molecule has 4 aliphatic carbocycles. The Balaban J connectivity index is 0.000000653. The molecule has 76 valence electrons. The van der Waals surface area contributed by atoms with Crippen LogP contribution >= 0.6 is 12.4 Å². The first-order valence-electron chi connectivity index (χ1n) is 5.80. The van der Waals surface area contributed by atoms with Gasteiger partial charge in [-0.25, -0.2) is 0 Å². The van der Waals surface area contributed by atoms with Crippen molar-refractivity contribution < 1.29 is 0 Å². The predicted octanol–water partition coefficient (Wildman–Crippen LogP) is 4.03. The summed E-state index contributed by atoms with van der Waals surface area (Å²) in [7, 11) is 0. The summed E-state index contributed by atoms with van der Waals surface area (Å²) in [6.07, 6.45) is 11.0. The van der Waals surface area contributed by atoms with Crippen molar-refractivity contribution in [1.29, 1.82) is 0 Å². The van der Waals surface area contributed by atoms with Crippen LogP contribution in [-0.4, -0.2) is 0 Å². The minimum Gasteiger partial charge on any atom is -0.147 e. The van der Waals surface area contributed by atoms with E-state index >= 15 is 0 Å². The van der Waals surface area contributed by atoms with Crippen LogP contribution in [0.5, 0.6) is 0 Å². The lowest BCUT2D eigenvalue weighted by Gasteiger charge is -2.56. The largest absolute Gasteiger partial charge is 0.147 e. The highest BCUT2D eigenvalue weighted by molar-refractivity contribution is 5.85. The summed E-state index contributed by atoms with van der Waals surface area (Å²) in [4.78, 5) is 0. The second-order valence-electron chi connectivity index (χ2n) is 5.77. The van der Waals surface area contributed by atoms with Crippen LogP contribution in [0.2, 0.25) is 0 Å². The first-order valence-corrected chi connectivity index (χ1v) is 5.80. The molecule has 4 bridgehead atoms. The minimum atomic E-state index is 0. The Kier molecular flexibility index (Phi) is 2.38. The first-order chi connectivity index (χ1) is 5.80. The zero-order valence-corrected chi connectivity index (χ0v) is 9.41. The van der Waals surface area contributed by atoms with E-state index in [-0.39, 0.29) is 12.4 Å². The van der Waals surface area contributed by atoms with E-state index in [0.29, 0.717) is 0 Å². The van der Waals surface area contributed by atoms with Gasteiger partial charge in [-0.2, -0.15) is 0 Å². The van der Waals surface area contributed by atoms with Gasteiger partial charge in [0.2, 0.25) is 0 Å². The summed E-state index contributed by atoms with van der Waals surface area (Å²) < 4.78 is 0. The smallest absolute Gasteiger partial charge is 0.0292 e. The van der Waals surface area contributed by atoms with E-state index in [4.69, 9.17) is 0 Å². The molecule has 0 unspecified atom stereocenters. The SMILES string of the molecule is CCC12CC3CC(CC(C3)C1)C2.Cl. The van der Waals surface area contributed by atoms with Gasteiger partial charge in [0.15, 0.2) is 0 Å². The van der Waals surface area contributed by atoms with Crippen LogP contribution in [0.1, 0.15) is 51.9 Å². The maximum Gasteiger partial charge on any atom is -0.0292 e. The number of hydrogen-bond acceptors (Lipinski definition) is 0. The third-order valence-electron chi connectivity index (χ3n) is 4.92. The molecule has 0 nitrogen and oxygen atoms in total. The second-order valence-corrected chi connectivity index (χ2v) is 5.77. The first kappa shape index (κ1) is 9.83. The highest BCUT2D eigenvalue weighted by atomic mass is 35.5. The van der Waals surface area contributed by atoms with E-state index in [2.05, 4.69) is 6.92 Å². The summed E-state index contributed by atoms with van der Waals surface area (Å²) in [5.41, 5.74) is 0.842. The Morgan fingerprint density at radius 1 is 0.923 bits per heavy atom. The van der Waals surface area contributed by atoms with Gasteiger partial charge in [-0.15, -0.1) is 12.4 Å². The van der Waals surface area contributed by atoms with Gasteiger partial charge >= 0.3 is 0 Å². The average molecular weight is 201 g/mol. The molecule has 0 radical (unpaired) electrons. The van der Waals surface area contributed by atoms with Crippen molar-refractivity contribution in [3.8, 4) is 0 Å². The van der Waals surface area contributed by atoms with E-state index in [9.17, 15) is 0 Å². The third-order valence-corrected chi connectivity index (χ3v) is 4.92. The number of rotatable bonds is 1. The molecule has 0 heterocycles. The fourth-order valence-corrected chi connectivity index (χ4v) is 4.72. The minimum absolute atomic E-state index is 0. The highest BCUT2D eigenvalue weighted by Crippen LogP contribution is 2.61. The quantitative estimate of drug-likeness (QED) is 0.600. The molecule has 1 heteroatoms. The normalized spacial score (nSPS) is 51.9. The highest BCUT2D eigenvalue weighted by Gasteiger charge is 2.49. The molecule has 0 atom stereocenters. The van der Waals surface area contributed by atoms with Crippen molar-refractivity contribution >= 4 is 12.4 Å². The second kappa shape index (κ2) is 3.15. The third kappa shape index (κ3) is 1.42. The zero-order chi connectivity index (χ0) is 8.18. The topological polar surface area (TPSA) is 0 Å². The lowest BCUT2D eigenvalue weighted by atomic mass is 9.49. The van der Waals surface area contributed by atoms with Crippen molar-refractivity contribution in [1.82, 2.24) is 0 Å². The molecular formula is C12H21Cl. The maximum absolute atomic E-state index is 2.42. The van der Waals surface area contributed by atoms with Crippen LogP contribution in [0.3, 0.4) is 0 Å². The Labute approximate surface area is 87.9 Å². The van der Waals surface area contributed by atoms with Crippen LogP contribution in [0.4, 0.5) is 0 Å². The van der Waals surface area contributed by atoms with E-state index in [1.807, 2.05) is 0 Å². The van der Waals surface area contributed by atoms with Crippen LogP contribution in [0, 0.1) is 23.2 Å². The van der Waals surface area contributed by atoms with E-state index in [0.717, 1.165) is 23.2 Å². The molecular weight excluding hydrogens is 180 g/mol. The molecule has 0 N–H and O–H groups in total. The summed E-state index contributed by atoms with van der Waals surface area (Å²) in [6.45, 7) is 2.42. The molecule has 0 aromatic heterocycles. The lowest BCUT2D eigenvalue weighted by Crippen LogP contribution is -2.45. The summed E-state index contributed by atoms with van der Waals surface area (Å²) in [5, 5.41) is 0. The molecule has 4 rings (SSSR count). The van der Waals surface area contributed by atoms with E-state index < -0.39 is 0 Å². The van der Waals surface area contributed by atoms with Gasteiger partial charge in [-0.3, -0.25) is 0 Å². The molecule has 0 amide bonds. The molecule has 4 saturated carbocycles. The lowest BCUT2D eigenvalue weighted by molar-refractivity contribution is -0.0545. The van der Waals surface area contributed by atoms with Gasteiger partial charge in [0.05, 0.1) is 0 Å². The Morgan fingerprint density at radius 3 is 1.62 bits per heavy atom. The molecule has 4 aliphatic rings. The van der Waals surface area contributed by atoms with Crippen molar-refractivity contribution in [3.05, 3.63) is 0 Å². The van der Waals surface area contributed by atoms with Crippen LogP contribution in [0.15, 0.2) is 0 Å². The molecule has 0 spiro atoms. The molecule has 4 fully saturated rings. The Bertz CT molecular complexity index is 162. The number of halogens is 1. The molecule has 0 saturated heterocycles. The molecule has 13 heavy (non-hydrogen) atoms. The maximum atomic E-state index is 2.42. The predicted molar refractivity (Wildman–Crippen MR) is 58.1 cm³/mol. The van der Waals surface area contributed by atoms with Gasteiger partial charge in [-0.05, 0) is 61.7 Å². The fourth-order valence-electron chi connectivity index (χ4n) is 4.72. The molecule has 0 aromatic rings. The van der Waals surface area contributed by atoms with Crippen LogP contribution in [0.25, 0.3) is 0 Å².